The van der Waals surface area contributed by atoms with Crippen molar-refractivity contribution < 1.29 is 14.3 Å². The highest BCUT2D eigenvalue weighted by Crippen LogP contribution is 2.15. The van der Waals surface area contributed by atoms with Gasteiger partial charge < -0.3 is 14.5 Å². The molecule has 0 aliphatic carbocycles. The van der Waals surface area contributed by atoms with Crippen molar-refractivity contribution in [2.75, 3.05) is 33.3 Å². The summed E-state index contributed by atoms with van der Waals surface area (Å²) in [5, 5.41) is 0. The van der Waals surface area contributed by atoms with Gasteiger partial charge in [-0.3, -0.25) is 9.59 Å². The minimum atomic E-state index is 0.169. The topological polar surface area (TPSA) is 49.9 Å². The van der Waals surface area contributed by atoms with Crippen LogP contribution in [0.3, 0.4) is 0 Å². The van der Waals surface area contributed by atoms with Gasteiger partial charge >= 0.3 is 0 Å². The molecule has 1 heterocycles. The molecule has 1 aromatic rings. The van der Waals surface area contributed by atoms with E-state index in [1.165, 1.54) is 0 Å². The third-order valence-corrected chi connectivity index (χ3v) is 4.43. The second kappa shape index (κ2) is 9.30. The predicted octanol–water partition coefficient (Wildman–Crippen LogP) is 2.49. The van der Waals surface area contributed by atoms with Crippen molar-refractivity contribution in [3.05, 3.63) is 29.8 Å². The molecule has 1 aliphatic heterocycles. The lowest BCUT2D eigenvalue weighted by atomic mass is 10.1. The summed E-state index contributed by atoms with van der Waals surface area (Å²) in [6.45, 7) is 4.83. The maximum Gasteiger partial charge on any atom is 0.222 e. The van der Waals surface area contributed by atoms with Gasteiger partial charge in [-0.1, -0.05) is 19.1 Å². The molecular weight excluding hydrogens is 304 g/mol. The zero-order valence-electron chi connectivity index (χ0n) is 14.8. The van der Waals surface area contributed by atoms with Crippen LogP contribution in [0.5, 0.6) is 5.75 Å². The van der Waals surface area contributed by atoms with Crippen LogP contribution in [0.25, 0.3) is 0 Å². The third-order valence-electron chi connectivity index (χ3n) is 4.43. The maximum atomic E-state index is 12.5. The third kappa shape index (κ3) is 5.25. The number of rotatable bonds is 6. The number of amides is 2. The molecule has 1 aromatic carbocycles. The predicted molar refractivity (Wildman–Crippen MR) is 94.0 cm³/mol. The van der Waals surface area contributed by atoms with Crippen LogP contribution in [0.2, 0.25) is 0 Å². The average molecular weight is 332 g/mol. The summed E-state index contributed by atoms with van der Waals surface area (Å²) in [4.78, 5) is 28.3. The van der Waals surface area contributed by atoms with Gasteiger partial charge in [-0.15, -0.1) is 0 Å². The Kier molecular flexibility index (Phi) is 7.09. The van der Waals surface area contributed by atoms with Crippen molar-refractivity contribution in [3.8, 4) is 5.75 Å². The van der Waals surface area contributed by atoms with Crippen molar-refractivity contribution in [1.29, 1.82) is 0 Å². The van der Waals surface area contributed by atoms with Gasteiger partial charge in [-0.05, 0) is 37.0 Å². The Morgan fingerprint density at radius 2 is 1.71 bits per heavy atom. The smallest absolute Gasteiger partial charge is 0.222 e. The summed E-state index contributed by atoms with van der Waals surface area (Å²) < 4.78 is 5.22. The Hall–Kier alpha value is -2.04. The van der Waals surface area contributed by atoms with Crippen LogP contribution < -0.4 is 4.74 Å². The standard InChI is InChI=1S/C19H28N2O3/c1-3-6-18(22)20-11-5-12-21(14-13-20)19(23)10-9-16-7-4-8-17(15-16)24-2/h4,7-8,15H,3,5-6,9-14H2,1-2H3. The minimum absolute atomic E-state index is 0.169. The molecule has 2 amide bonds. The van der Waals surface area contributed by atoms with Gasteiger partial charge in [0.25, 0.3) is 0 Å². The molecule has 132 valence electrons. The minimum Gasteiger partial charge on any atom is -0.497 e. The first kappa shape index (κ1) is 18.3. The molecule has 1 saturated heterocycles. The van der Waals surface area contributed by atoms with Crippen LogP contribution in [0, 0.1) is 0 Å². The summed E-state index contributed by atoms with van der Waals surface area (Å²) >= 11 is 0. The van der Waals surface area contributed by atoms with Crippen LogP contribution in [-0.4, -0.2) is 54.9 Å². The summed E-state index contributed by atoms with van der Waals surface area (Å²) in [5.41, 5.74) is 1.11. The Balaban J connectivity index is 1.83. The van der Waals surface area contributed by atoms with E-state index in [1.54, 1.807) is 7.11 Å². The van der Waals surface area contributed by atoms with Gasteiger partial charge in [0.2, 0.25) is 11.8 Å². The zero-order chi connectivity index (χ0) is 17.4. The zero-order valence-corrected chi connectivity index (χ0v) is 14.8. The monoisotopic (exact) mass is 332 g/mol. The first-order chi connectivity index (χ1) is 11.6. The molecule has 1 fully saturated rings. The van der Waals surface area contributed by atoms with Crippen molar-refractivity contribution in [1.82, 2.24) is 9.80 Å². The lowest BCUT2D eigenvalue weighted by Gasteiger charge is -2.22. The summed E-state index contributed by atoms with van der Waals surface area (Å²) in [7, 11) is 1.65. The van der Waals surface area contributed by atoms with E-state index in [2.05, 4.69) is 0 Å². The molecular formula is C19H28N2O3. The van der Waals surface area contributed by atoms with Crippen LogP contribution in [0.1, 0.15) is 38.2 Å². The van der Waals surface area contributed by atoms with Crippen LogP contribution in [0.15, 0.2) is 24.3 Å². The molecule has 0 unspecified atom stereocenters. The second-order valence-electron chi connectivity index (χ2n) is 6.22. The highest BCUT2D eigenvalue weighted by Gasteiger charge is 2.21. The number of hydrogen-bond donors (Lipinski definition) is 0. The molecule has 1 aliphatic rings. The Morgan fingerprint density at radius 3 is 2.33 bits per heavy atom. The van der Waals surface area contributed by atoms with Gasteiger partial charge in [-0.2, -0.15) is 0 Å². The van der Waals surface area contributed by atoms with Gasteiger partial charge in [0.1, 0.15) is 5.75 Å². The van der Waals surface area contributed by atoms with Gasteiger partial charge in [0.05, 0.1) is 7.11 Å². The van der Waals surface area contributed by atoms with E-state index < -0.39 is 0 Å². The number of methoxy groups -OCH3 is 1. The van der Waals surface area contributed by atoms with E-state index in [0.29, 0.717) is 32.4 Å². The molecule has 0 aromatic heterocycles. The number of benzene rings is 1. The summed E-state index contributed by atoms with van der Waals surface area (Å²) in [6, 6.07) is 7.84. The molecule has 0 saturated carbocycles. The van der Waals surface area contributed by atoms with E-state index in [1.807, 2.05) is 41.0 Å². The highest BCUT2D eigenvalue weighted by atomic mass is 16.5. The number of hydrogen-bond acceptors (Lipinski definition) is 3. The average Bonchev–Trinajstić information content (AvgIpc) is 2.86. The number of ether oxygens (including phenoxy) is 1. The maximum absolute atomic E-state index is 12.5. The van der Waals surface area contributed by atoms with Crippen molar-refractivity contribution in [3.63, 3.8) is 0 Å². The normalized spacial score (nSPS) is 15.1. The van der Waals surface area contributed by atoms with Crippen LogP contribution in [0.4, 0.5) is 0 Å². The fraction of sp³-hybridized carbons (Fsp3) is 0.579. The largest absolute Gasteiger partial charge is 0.497 e. The fourth-order valence-corrected chi connectivity index (χ4v) is 3.03. The van der Waals surface area contributed by atoms with E-state index in [-0.39, 0.29) is 11.8 Å². The molecule has 0 spiro atoms. The molecule has 0 bridgehead atoms. The van der Waals surface area contributed by atoms with Crippen LogP contribution in [-0.2, 0) is 16.0 Å². The van der Waals surface area contributed by atoms with Crippen molar-refractivity contribution >= 4 is 11.8 Å². The number of aryl methyl sites for hydroxylation is 1. The fourth-order valence-electron chi connectivity index (χ4n) is 3.03. The lowest BCUT2D eigenvalue weighted by molar-refractivity contribution is -0.133. The number of carbonyl (C=O) groups excluding carboxylic acids is 2. The Bertz CT molecular complexity index is 559. The van der Waals surface area contributed by atoms with E-state index >= 15 is 0 Å². The van der Waals surface area contributed by atoms with Crippen molar-refractivity contribution in [2.45, 2.75) is 39.0 Å². The summed E-state index contributed by atoms with van der Waals surface area (Å²) in [6.07, 6.45) is 3.55. The van der Waals surface area contributed by atoms with E-state index in [0.717, 1.165) is 37.2 Å². The second-order valence-corrected chi connectivity index (χ2v) is 6.22. The van der Waals surface area contributed by atoms with Crippen molar-refractivity contribution in [2.24, 2.45) is 0 Å². The van der Waals surface area contributed by atoms with E-state index in [9.17, 15) is 9.59 Å². The van der Waals surface area contributed by atoms with Gasteiger partial charge in [0, 0.05) is 39.0 Å². The van der Waals surface area contributed by atoms with Gasteiger partial charge in [-0.25, -0.2) is 0 Å². The molecule has 5 nitrogen and oxygen atoms in total. The van der Waals surface area contributed by atoms with Crippen LogP contribution >= 0.6 is 0 Å². The molecule has 0 atom stereocenters. The quantitative estimate of drug-likeness (QED) is 0.804. The number of carbonyl (C=O) groups is 2. The summed E-state index contributed by atoms with van der Waals surface area (Å²) in [5.74, 6) is 1.20. The Morgan fingerprint density at radius 1 is 1.04 bits per heavy atom. The molecule has 0 N–H and O–H groups in total. The first-order valence-electron chi connectivity index (χ1n) is 8.82. The first-order valence-corrected chi connectivity index (χ1v) is 8.82. The highest BCUT2D eigenvalue weighted by molar-refractivity contribution is 5.78. The SMILES string of the molecule is CCCC(=O)N1CCCN(C(=O)CCc2cccc(OC)c2)CC1. The Labute approximate surface area is 144 Å². The number of nitrogens with zero attached hydrogens (tertiary/aromatic N) is 2. The van der Waals surface area contributed by atoms with Gasteiger partial charge in [0.15, 0.2) is 0 Å². The molecule has 0 radical (unpaired) electrons. The molecule has 2 rings (SSSR count). The van der Waals surface area contributed by atoms with E-state index in [4.69, 9.17) is 4.74 Å². The lowest BCUT2D eigenvalue weighted by Crippen LogP contribution is -2.37. The molecule has 24 heavy (non-hydrogen) atoms. The molecule has 5 heteroatoms.